The number of benzene rings is 1. The maximum atomic E-state index is 11.5. The molecule has 1 rings (SSSR count). The lowest BCUT2D eigenvalue weighted by Gasteiger charge is -2.25. The van der Waals surface area contributed by atoms with Crippen molar-refractivity contribution in [3.63, 3.8) is 0 Å². The molecule has 122 valence electrons. The number of alkyl halides is 2. The predicted octanol–water partition coefficient (Wildman–Crippen LogP) is 1.67. The molecule has 0 aliphatic carbocycles. The Morgan fingerprint density at radius 3 is 2.36 bits per heavy atom. The first-order valence-electron chi connectivity index (χ1n) is 6.90. The van der Waals surface area contributed by atoms with Crippen molar-refractivity contribution in [1.29, 1.82) is 0 Å². The van der Waals surface area contributed by atoms with Crippen molar-refractivity contribution >= 4 is 35.0 Å². The van der Waals surface area contributed by atoms with Gasteiger partial charge in [0.2, 0.25) is 11.8 Å². The normalized spacial score (nSPS) is 13.2. The molecule has 1 aromatic carbocycles. The first-order valence-corrected chi connectivity index (χ1v) is 7.97. The Kier molecular flexibility index (Phi) is 8.89. The molecule has 0 unspecified atom stereocenters. The van der Waals surface area contributed by atoms with E-state index in [0.29, 0.717) is 6.61 Å². The van der Waals surface area contributed by atoms with Gasteiger partial charge < -0.3 is 15.4 Å². The number of carbonyl (C=O) groups is 2. The first-order chi connectivity index (χ1) is 10.6. The zero-order chi connectivity index (χ0) is 16.4. The largest absolute Gasteiger partial charge is 0.372 e. The van der Waals surface area contributed by atoms with Crippen molar-refractivity contribution in [2.24, 2.45) is 0 Å². The molecule has 2 N–H and O–H groups in total. The summed E-state index contributed by atoms with van der Waals surface area (Å²) in [5.74, 6) is -0.898. The minimum atomic E-state index is -0.387. The second kappa shape index (κ2) is 10.4. The second-order valence-electron chi connectivity index (χ2n) is 4.75. The van der Waals surface area contributed by atoms with Crippen LogP contribution in [0.4, 0.5) is 0 Å². The van der Waals surface area contributed by atoms with Crippen LogP contribution in [0.2, 0.25) is 0 Å². The summed E-state index contributed by atoms with van der Waals surface area (Å²) in [6.07, 6.45) is -0.303. The molecule has 1 aromatic rings. The van der Waals surface area contributed by atoms with Crippen LogP contribution in [0.1, 0.15) is 12.5 Å². The second-order valence-corrected chi connectivity index (χ2v) is 5.28. The Hall–Kier alpha value is -1.30. The molecule has 22 heavy (non-hydrogen) atoms. The number of ether oxygens (including phenoxy) is 1. The molecule has 0 fully saturated rings. The van der Waals surface area contributed by atoms with Gasteiger partial charge in [0.1, 0.15) is 11.8 Å². The van der Waals surface area contributed by atoms with Crippen LogP contribution in [0.3, 0.4) is 0 Å². The van der Waals surface area contributed by atoms with E-state index in [4.69, 9.17) is 27.9 Å². The van der Waals surface area contributed by atoms with Gasteiger partial charge in [0.15, 0.2) is 0 Å². The maximum Gasteiger partial charge on any atom is 0.235 e. The monoisotopic (exact) mass is 346 g/mol. The molecular formula is C15H20Cl2N2O3. The highest BCUT2D eigenvalue weighted by molar-refractivity contribution is 6.27. The molecule has 0 spiro atoms. The van der Waals surface area contributed by atoms with E-state index in [1.165, 1.54) is 0 Å². The zero-order valence-electron chi connectivity index (χ0n) is 12.4. The van der Waals surface area contributed by atoms with Gasteiger partial charge in [0.05, 0.1) is 18.8 Å². The van der Waals surface area contributed by atoms with E-state index in [1.54, 1.807) is 0 Å². The topological polar surface area (TPSA) is 67.4 Å². The lowest BCUT2D eigenvalue weighted by molar-refractivity contribution is -0.122. The summed E-state index contributed by atoms with van der Waals surface area (Å²) in [6, 6.07) is 9.30. The number of rotatable bonds is 9. The zero-order valence-corrected chi connectivity index (χ0v) is 13.9. The molecule has 5 nitrogen and oxygen atoms in total. The summed E-state index contributed by atoms with van der Waals surface area (Å²) >= 11 is 10.9. The van der Waals surface area contributed by atoms with Gasteiger partial charge in [-0.1, -0.05) is 30.3 Å². The van der Waals surface area contributed by atoms with E-state index in [-0.39, 0.29) is 42.3 Å². The summed E-state index contributed by atoms with van der Waals surface area (Å²) in [5, 5.41) is 5.36. The average Bonchev–Trinajstić information content (AvgIpc) is 2.56. The fourth-order valence-electron chi connectivity index (χ4n) is 1.77. The van der Waals surface area contributed by atoms with Gasteiger partial charge >= 0.3 is 0 Å². The highest BCUT2D eigenvalue weighted by Gasteiger charge is 2.20. The summed E-state index contributed by atoms with van der Waals surface area (Å²) in [6.45, 7) is 2.47. The van der Waals surface area contributed by atoms with Gasteiger partial charge in [-0.15, -0.1) is 23.2 Å². The van der Waals surface area contributed by atoms with E-state index in [2.05, 4.69) is 10.6 Å². The number of hydrogen-bond acceptors (Lipinski definition) is 3. The molecule has 0 aliphatic heterocycles. The van der Waals surface area contributed by atoms with Crippen LogP contribution >= 0.6 is 23.2 Å². The Morgan fingerprint density at radius 1 is 1.14 bits per heavy atom. The highest BCUT2D eigenvalue weighted by Crippen LogP contribution is 2.06. The number of hydrogen-bond donors (Lipinski definition) is 2. The fraction of sp³-hybridized carbons (Fsp3) is 0.467. The van der Waals surface area contributed by atoms with E-state index < -0.39 is 0 Å². The molecular weight excluding hydrogens is 327 g/mol. The van der Waals surface area contributed by atoms with Crippen molar-refractivity contribution in [3.05, 3.63) is 35.9 Å². The minimum Gasteiger partial charge on any atom is -0.372 e. The van der Waals surface area contributed by atoms with Gasteiger partial charge in [-0.05, 0) is 12.5 Å². The van der Waals surface area contributed by atoms with Crippen LogP contribution in [0, 0.1) is 0 Å². The lowest BCUT2D eigenvalue weighted by Crippen LogP contribution is -2.50. The van der Waals surface area contributed by atoms with Gasteiger partial charge in [-0.2, -0.15) is 0 Å². The third-order valence-corrected chi connectivity index (χ3v) is 3.52. The van der Waals surface area contributed by atoms with Crippen LogP contribution < -0.4 is 10.6 Å². The molecule has 0 aromatic heterocycles. The molecule has 0 bridgehead atoms. The lowest BCUT2D eigenvalue weighted by atomic mass is 10.1. The van der Waals surface area contributed by atoms with Crippen molar-refractivity contribution < 1.29 is 14.3 Å². The number of carbonyl (C=O) groups excluding carboxylic acids is 2. The van der Waals surface area contributed by atoms with E-state index in [9.17, 15) is 9.59 Å². The molecule has 0 saturated carbocycles. The summed E-state index contributed by atoms with van der Waals surface area (Å²) in [4.78, 5) is 22.7. The summed E-state index contributed by atoms with van der Waals surface area (Å²) in [5.41, 5.74) is 1.03. The number of nitrogens with one attached hydrogen (secondary N) is 2. The first kappa shape index (κ1) is 18.7. The van der Waals surface area contributed by atoms with Crippen molar-refractivity contribution in [2.75, 3.05) is 18.3 Å². The Bertz CT molecular complexity index is 471. The van der Waals surface area contributed by atoms with Crippen LogP contribution in [0.5, 0.6) is 0 Å². The minimum absolute atomic E-state index is 0.130. The predicted molar refractivity (Wildman–Crippen MR) is 87.1 cm³/mol. The number of amides is 2. The fourth-order valence-corrected chi connectivity index (χ4v) is 1.94. The van der Waals surface area contributed by atoms with E-state index >= 15 is 0 Å². The number of halogens is 2. The SMILES string of the molecule is C[C@@H](OCc1ccccc1)[C@H](CNC(=O)CCl)NC(=O)CCl. The molecule has 0 aliphatic rings. The average molecular weight is 347 g/mol. The molecule has 2 amide bonds. The molecule has 0 radical (unpaired) electrons. The summed E-state index contributed by atoms with van der Waals surface area (Å²) in [7, 11) is 0. The van der Waals surface area contributed by atoms with Gasteiger partial charge in [-0.3, -0.25) is 9.59 Å². The molecule has 7 heteroatoms. The summed E-state index contributed by atoms with van der Waals surface area (Å²) < 4.78 is 5.76. The quantitative estimate of drug-likeness (QED) is 0.668. The van der Waals surface area contributed by atoms with Crippen LogP contribution in [-0.2, 0) is 20.9 Å². The van der Waals surface area contributed by atoms with Gasteiger partial charge in [0, 0.05) is 6.54 Å². The Labute approximate surface area is 140 Å². The third-order valence-electron chi connectivity index (χ3n) is 3.03. The van der Waals surface area contributed by atoms with E-state index in [1.807, 2.05) is 37.3 Å². The van der Waals surface area contributed by atoms with Crippen molar-refractivity contribution in [1.82, 2.24) is 10.6 Å². The Balaban J connectivity index is 2.55. The maximum absolute atomic E-state index is 11.5. The van der Waals surface area contributed by atoms with Gasteiger partial charge in [0.25, 0.3) is 0 Å². The van der Waals surface area contributed by atoms with Gasteiger partial charge in [-0.25, -0.2) is 0 Å². The van der Waals surface area contributed by atoms with Crippen LogP contribution in [0.15, 0.2) is 30.3 Å². The molecule has 2 atom stereocenters. The highest BCUT2D eigenvalue weighted by atomic mass is 35.5. The van der Waals surface area contributed by atoms with E-state index in [0.717, 1.165) is 5.56 Å². The Morgan fingerprint density at radius 2 is 1.77 bits per heavy atom. The molecule has 0 heterocycles. The molecule has 0 saturated heterocycles. The van der Waals surface area contributed by atoms with Crippen molar-refractivity contribution in [2.45, 2.75) is 25.7 Å². The standard InChI is InChI=1S/C15H20Cl2N2O3/c1-11(22-10-12-5-3-2-4-6-12)13(19-15(21)8-17)9-18-14(20)7-16/h2-6,11,13H,7-10H2,1H3,(H,18,20)(H,19,21)/t11-,13+/m1/s1. The van der Waals surface area contributed by atoms with Crippen LogP contribution in [-0.4, -0.2) is 42.3 Å². The smallest absolute Gasteiger partial charge is 0.235 e. The van der Waals surface area contributed by atoms with Crippen molar-refractivity contribution in [3.8, 4) is 0 Å². The third kappa shape index (κ3) is 7.11. The van der Waals surface area contributed by atoms with Crippen LogP contribution in [0.25, 0.3) is 0 Å².